The maximum Gasteiger partial charge on any atom is 0.0557 e. The van der Waals surface area contributed by atoms with Crippen molar-refractivity contribution in [2.24, 2.45) is 5.41 Å². The van der Waals surface area contributed by atoms with Gasteiger partial charge in [-0.15, -0.1) is 11.3 Å². The molecule has 0 saturated carbocycles. The number of aliphatic hydroxyl groups is 1. The first kappa shape index (κ1) is 14.0. The zero-order valence-electron chi connectivity index (χ0n) is 11.3. The molecule has 1 aromatic heterocycles. The van der Waals surface area contributed by atoms with Crippen LogP contribution in [0.1, 0.15) is 25.1 Å². The third-order valence-corrected chi connectivity index (χ3v) is 4.59. The largest absolute Gasteiger partial charge is 0.396 e. The normalized spacial score (nSPS) is 24.3. The average Bonchev–Trinajstić information content (AvgIpc) is 3.00. The Morgan fingerprint density at radius 2 is 2.39 bits per heavy atom. The van der Waals surface area contributed by atoms with Crippen molar-refractivity contribution in [3.8, 4) is 0 Å². The van der Waals surface area contributed by atoms with Gasteiger partial charge in [0.15, 0.2) is 0 Å². The lowest BCUT2D eigenvalue weighted by Crippen LogP contribution is -2.43. The van der Waals surface area contributed by atoms with Gasteiger partial charge in [0.25, 0.3) is 0 Å². The highest BCUT2D eigenvalue weighted by Gasteiger charge is 2.36. The first-order valence-corrected chi connectivity index (χ1v) is 7.48. The van der Waals surface area contributed by atoms with Gasteiger partial charge in [-0.2, -0.15) is 0 Å². The lowest BCUT2D eigenvalue weighted by Gasteiger charge is -2.35. The van der Waals surface area contributed by atoms with Crippen LogP contribution < -0.4 is 0 Å². The molecule has 2 heterocycles. The maximum atomic E-state index is 9.67. The summed E-state index contributed by atoms with van der Waals surface area (Å²) >= 11 is 1.80. The summed E-state index contributed by atoms with van der Waals surface area (Å²) in [4.78, 5) is 3.83. The van der Waals surface area contributed by atoms with Gasteiger partial charge < -0.3 is 9.84 Å². The molecule has 102 valence electrons. The van der Waals surface area contributed by atoms with Crippen molar-refractivity contribution in [2.75, 3.05) is 26.4 Å². The van der Waals surface area contributed by atoms with Gasteiger partial charge in [0.05, 0.1) is 13.2 Å². The predicted octanol–water partition coefficient (Wildman–Crippen LogP) is 2.36. The van der Waals surface area contributed by atoms with E-state index in [1.54, 1.807) is 11.3 Å². The highest BCUT2D eigenvalue weighted by Crippen LogP contribution is 2.30. The van der Waals surface area contributed by atoms with E-state index in [2.05, 4.69) is 36.3 Å². The van der Waals surface area contributed by atoms with E-state index < -0.39 is 0 Å². The smallest absolute Gasteiger partial charge is 0.0557 e. The van der Waals surface area contributed by atoms with E-state index in [0.29, 0.717) is 12.6 Å². The molecule has 0 spiro atoms. The fourth-order valence-electron chi connectivity index (χ4n) is 2.40. The molecule has 1 aliphatic rings. The van der Waals surface area contributed by atoms with Gasteiger partial charge in [0.2, 0.25) is 0 Å². The molecule has 18 heavy (non-hydrogen) atoms. The SMILES string of the molecule is CC(C)N(Cc1cccs1)CC1(CO)CCOC1. The van der Waals surface area contributed by atoms with E-state index >= 15 is 0 Å². The lowest BCUT2D eigenvalue weighted by molar-refractivity contribution is 0.0436. The third kappa shape index (κ3) is 3.32. The van der Waals surface area contributed by atoms with Crippen molar-refractivity contribution in [3.63, 3.8) is 0 Å². The van der Waals surface area contributed by atoms with Gasteiger partial charge in [-0.1, -0.05) is 6.07 Å². The quantitative estimate of drug-likeness (QED) is 0.860. The molecular weight excluding hydrogens is 246 g/mol. The van der Waals surface area contributed by atoms with Gasteiger partial charge in [-0.25, -0.2) is 0 Å². The van der Waals surface area contributed by atoms with Crippen LogP contribution in [-0.2, 0) is 11.3 Å². The molecule has 1 fully saturated rings. The molecule has 0 aromatic carbocycles. The first-order chi connectivity index (χ1) is 8.65. The van der Waals surface area contributed by atoms with E-state index in [0.717, 1.165) is 26.1 Å². The number of thiophene rings is 1. The molecule has 0 radical (unpaired) electrons. The Kier molecular flexibility index (Phi) is 4.78. The predicted molar refractivity (Wildman–Crippen MR) is 74.8 cm³/mol. The highest BCUT2D eigenvalue weighted by atomic mass is 32.1. The van der Waals surface area contributed by atoms with Crippen molar-refractivity contribution >= 4 is 11.3 Å². The van der Waals surface area contributed by atoms with Gasteiger partial charge >= 0.3 is 0 Å². The van der Waals surface area contributed by atoms with Crippen LogP contribution in [0, 0.1) is 5.41 Å². The molecule has 2 rings (SSSR count). The monoisotopic (exact) mass is 269 g/mol. The molecule has 4 heteroatoms. The van der Waals surface area contributed by atoms with Crippen LogP contribution >= 0.6 is 11.3 Å². The highest BCUT2D eigenvalue weighted by molar-refractivity contribution is 7.09. The third-order valence-electron chi connectivity index (χ3n) is 3.73. The van der Waals surface area contributed by atoms with Crippen molar-refractivity contribution in [2.45, 2.75) is 32.9 Å². The van der Waals surface area contributed by atoms with Gasteiger partial charge in [-0.05, 0) is 31.7 Å². The second kappa shape index (κ2) is 6.15. The maximum absolute atomic E-state index is 9.67. The van der Waals surface area contributed by atoms with Gasteiger partial charge in [-0.3, -0.25) is 4.90 Å². The fourth-order valence-corrected chi connectivity index (χ4v) is 3.13. The number of hydrogen-bond donors (Lipinski definition) is 1. The van der Waals surface area contributed by atoms with Crippen LogP contribution in [0.4, 0.5) is 0 Å². The molecule has 3 nitrogen and oxygen atoms in total. The van der Waals surface area contributed by atoms with Crippen LogP contribution in [0.15, 0.2) is 17.5 Å². The molecule has 1 aliphatic heterocycles. The second-order valence-corrected chi connectivity index (χ2v) is 6.57. The Hall–Kier alpha value is -0.420. The molecule has 1 unspecified atom stereocenters. The van der Waals surface area contributed by atoms with E-state index in [-0.39, 0.29) is 12.0 Å². The van der Waals surface area contributed by atoms with E-state index in [1.165, 1.54) is 4.88 Å². The Labute approximate surface area is 113 Å². The topological polar surface area (TPSA) is 32.7 Å². The summed E-state index contributed by atoms with van der Waals surface area (Å²) in [5.41, 5.74) is -0.0540. The zero-order valence-corrected chi connectivity index (χ0v) is 12.1. The van der Waals surface area contributed by atoms with Crippen molar-refractivity contribution in [3.05, 3.63) is 22.4 Å². The number of ether oxygens (including phenoxy) is 1. The van der Waals surface area contributed by atoms with Crippen molar-refractivity contribution < 1.29 is 9.84 Å². The number of nitrogens with zero attached hydrogens (tertiary/aromatic N) is 1. The van der Waals surface area contributed by atoms with Crippen LogP contribution in [0.2, 0.25) is 0 Å². The number of hydrogen-bond acceptors (Lipinski definition) is 4. The number of rotatable bonds is 6. The summed E-state index contributed by atoms with van der Waals surface area (Å²) in [5, 5.41) is 11.8. The summed E-state index contributed by atoms with van der Waals surface area (Å²) in [6.07, 6.45) is 0.969. The van der Waals surface area contributed by atoms with Crippen LogP contribution in [0.25, 0.3) is 0 Å². The fraction of sp³-hybridized carbons (Fsp3) is 0.714. The minimum absolute atomic E-state index is 0.0540. The van der Waals surface area contributed by atoms with Crippen LogP contribution in [0.3, 0.4) is 0 Å². The van der Waals surface area contributed by atoms with Gasteiger partial charge in [0, 0.05) is 36.0 Å². The van der Waals surface area contributed by atoms with Gasteiger partial charge in [0.1, 0.15) is 0 Å². The molecule has 1 N–H and O–H groups in total. The molecule has 1 atom stereocenters. The number of aliphatic hydroxyl groups excluding tert-OH is 1. The minimum atomic E-state index is -0.0540. The Bertz CT molecular complexity index is 345. The average molecular weight is 269 g/mol. The Morgan fingerprint density at radius 3 is 2.89 bits per heavy atom. The van der Waals surface area contributed by atoms with Crippen LogP contribution in [0.5, 0.6) is 0 Å². The van der Waals surface area contributed by atoms with Crippen molar-refractivity contribution in [1.82, 2.24) is 4.90 Å². The first-order valence-electron chi connectivity index (χ1n) is 6.60. The Balaban J connectivity index is 2.01. The molecule has 1 aromatic rings. The van der Waals surface area contributed by atoms with E-state index in [4.69, 9.17) is 4.74 Å². The second-order valence-electron chi connectivity index (χ2n) is 5.54. The summed E-state index contributed by atoms with van der Waals surface area (Å²) in [6, 6.07) is 4.76. The standard InChI is InChI=1S/C14H23NO2S/c1-12(2)15(8-13-4-3-7-18-13)9-14(10-16)5-6-17-11-14/h3-4,7,12,16H,5-6,8-11H2,1-2H3. The molecular formula is C14H23NO2S. The molecule has 0 bridgehead atoms. The summed E-state index contributed by atoms with van der Waals surface area (Å²) in [7, 11) is 0. The molecule has 0 aliphatic carbocycles. The molecule has 0 amide bonds. The lowest BCUT2D eigenvalue weighted by atomic mass is 9.87. The zero-order chi connectivity index (χ0) is 13.0. The summed E-state index contributed by atoms with van der Waals surface area (Å²) in [6.45, 7) is 8.02. The summed E-state index contributed by atoms with van der Waals surface area (Å²) < 4.78 is 5.48. The minimum Gasteiger partial charge on any atom is -0.396 e. The summed E-state index contributed by atoms with van der Waals surface area (Å²) in [5.74, 6) is 0. The van der Waals surface area contributed by atoms with E-state index in [1.807, 2.05) is 0 Å². The van der Waals surface area contributed by atoms with Crippen LogP contribution in [-0.4, -0.2) is 42.4 Å². The van der Waals surface area contributed by atoms with E-state index in [9.17, 15) is 5.11 Å². The molecule has 1 saturated heterocycles. The van der Waals surface area contributed by atoms with Crippen molar-refractivity contribution in [1.29, 1.82) is 0 Å². The Morgan fingerprint density at radius 1 is 1.56 bits per heavy atom.